The van der Waals surface area contributed by atoms with Crippen LogP contribution in [0.2, 0.25) is 0 Å². The molecule has 2 N–H and O–H groups in total. The number of hydrogen-bond donors (Lipinski definition) is 2. The Morgan fingerprint density at radius 1 is 1.33 bits per heavy atom. The van der Waals surface area contributed by atoms with Gasteiger partial charge in [-0.15, -0.1) is 0 Å². The second-order valence-electron chi connectivity index (χ2n) is 5.02. The topological polar surface area (TPSA) is 69.6 Å². The van der Waals surface area contributed by atoms with Crippen LogP contribution in [0.4, 0.5) is 0 Å². The Bertz CT molecular complexity index is 294. The number of aliphatic hydroxyl groups is 1. The molecule has 0 spiro atoms. The SMILES string of the molecule is CCNC(=O)CC(=O)N(C)CC1CCCCC1O. The van der Waals surface area contributed by atoms with E-state index >= 15 is 0 Å². The van der Waals surface area contributed by atoms with E-state index in [1.54, 1.807) is 11.9 Å². The van der Waals surface area contributed by atoms with Gasteiger partial charge in [-0.1, -0.05) is 12.8 Å². The smallest absolute Gasteiger partial charge is 0.231 e. The molecule has 0 aromatic heterocycles. The molecule has 5 heteroatoms. The maximum atomic E-state index is 11.8. The molecular weight excluding hydrogens is 232 g/mol. The molecule has 5 nitrogen and oxygen atoms in total. The Labute approximate surface area is 109 Å². The lowest BCUT2D eigenvalue weighted by Gasteiger charge is -2.31. The number of rotatable bonds is 5. The zero-order valence-electron chi connectivity index (χ0n) is 11.3. The summed E-state index contributed by atoms with van der Waals surface area (Å²) in [7, 11) is 1.70. The van der Waals surface area contributed by atoms with Gasteiger partial charge in [0.15, 0.2) is 0 Å². The molecule has 1 rings (SSSR count). The van der Waals surface area contributed by atoms with Crippen LogP contribution in [0.25, 0.3) is 0 Å². The highest BCUT2D eigenvalue weighted by Gasteiger charge is 2.26. The molecule has 0 bridgehead atoms. The van der Waals surface area contributed by atoms with Crippen LogP contribution >= 0.6 is 0 Å². The van der Waals surface area contributed by atoms with Gasteiger partial charge in [-0.3, -0.25) is 9.59 Å². The van der Waals surface area contributed by atoms with Crippen molar-refractivity contribution in [2.45, 2.75) is 45.1 Å². The third kappa shape index (κ3) is 4.64. The molecule has 1 aliphatic rings. The minimum absolute atomic E-state index is 0.104. The molecule has 0 saturated heterocycles. The van der Waals surface area contributed by atoms with Gasteiger partial charge >= 0.3 is 0 Å². The number of carbonyl (C=O) groups excluding carboxylic acids is 2. The van der Waals surface area contributed by atoms with Gasteiger partial charge in [-0.2, -0.15) is 0 Å². The van der Waals surface area contributed by atoms with E-state index in [-0.39, 0.29) is 30.3 Å². The summed E-state index contributed by atoms with van der Waals surface area (Å²) < 4.78 is 0. The predicted molar refractivity (Wildman–Crippen MR) is 68.9 cm³/mol. The largest absolute Gasteiger partial charge is 0.393 e. The normalized spacial score (nSPS) is 23.5. The molecule has 1 fully saturated rings. The minimum Gasteiger partial charge on any atom is -0.393 e. The van der Waals surface area contributed by atoms with E-state index in [0.717, 1.165) is 25.7 Å². The van der Waals surface area contributed by atoms with E-state index in [4.69, 9.17) is 0 Å². The summed E-state index contributed by atoms with van der Waals surface area (Å²) >= 11 is 0. The zero-order chi connectivity index (χ0) is 13.5. The second kappa shape index (κ2) is 7.36. The maximum Gasteiger partial charge on any atom is 0.231 e. The van der Waals surface area contributed by atoms with Crippen molar-refractivity contribution in [3.8, 4) is 0 Å². The molecule has 2 unspecified atom stereocenters. The summed E-state index contributed by atoms with van der Waals surface area (Å²) in [6.07, 6.45) is 3.54. The molecule has 1 aliphatic carbocycles. The fraction of sp³-hybridized carbons (Fsp3) is 0.846. The Kier molecular flexibility index (Phi) is 6.12. The van der Waals surface area contributed by atoms with Gasteiger partial charge in [0.2, 0.25) is 11.8 Å². The molecule has 0 heterocycles. The molecule has 2 amide bonds. The quantitative estimate of drug-likeness (QED) is 0.705. The highest BCUT2D eigenvalue weighted by Crippen LogP contribution is 2.24. The first-order chi connectivity index (χ1) is 8.54. The van der Waals surface area contributed by atoms with E-state index in [0.29, 0.717) is 13.1 Å². The third-order valence-electron chi connectivity index (χ3n) is 3.49. The molecule has 2 atom stereocenters. The van der Waals surface area contributed by atoms with E-state index < -0.39 is 0 Å². The van der Waals surface area contributed by atoms with Crippen molar-refractivity contribution in [1.29, 1.82) is 0 Å². The van der Waals surface area contributed by atoms with Crippen LogP contribution in [-0.2, 0) is 9.59 Å². The zero-order valence-corrected chi connectivity index (χ0v) is 11.3. The molecule has 0 aromatic carbocycles. The van der Waals surface area contributed by atoms with Crippen molar-refractivity contribution in [3.05, 3.63) is 0 Å². The molecule has 104 valence electrons. The van der Waals surface area contributed by atoms with Crippen LogP contribution < -0.4 is 5.32 Å². The first kappa shape index (κ1) is 15.0. The number of carbonyl (C=O) groups is 2. The minimum atomic E-state index is -0.307. The highest BCUT2D eigenvalue weighted by atomic mass is 16.3. The lowest BCUT2D eigenvalue weighted by atomic mass is 9.86. The monoisotopic (exact) mass is 256 g/mol. The summed E-state index contributed by atoms with van der Waals surface area (Å²) in [5.41, 5.74) is 0. The number of aliphatic hydroxyl groups excluding tert-OH is 1. The Hall–Kier alpha value is -1.10. The standard InChI is InChI=1S/C13H24N2O3/c1-3-14-12(17)8-13(18)15(2)9-10-6-4-5-7-11(10)16/h10-11,16H,3-9H2,1-2H3,(H,14,17). The fourth-order valence-electron chi connectivity index (χ4n) is 2.39. The number of nitrogens with zero attached hydrogens (tertiary/aromatic N) is 1. The molecule has 0 aliphatic heterocycles. The number of amides is 2. The van der Waals surface area contributed by atoms with Gasteiger partial charge in [-0.05, 0) is 19.8 Å². The van der Waals surface area contributed by atoms with Crippen molar-refractivity contribution in [2.24, 2.45) is 5.92 Å². The molecular formula is C13H24N2O3. The Balaban J connectivity index is 2.36. The van der Waals surface area contributed by atoms with E-state index in [1.165, 1.54) is 0 Å². The van der Waals surface area contributed by atoms with Crippen molar-refractivity contribution < 1.29 is 14.7 Å². The van der Waals surface area contributed by atoms with Gasteiger partial charge < -0.3 is 15.3 Å². The summed E-state index contributed by atoms with van der Waals surface area (Å²) in [6.45, 7) is 2.90. The van der Waals surface area contributed by atoms with Gasteiger partial charge in [0.25, 0.3) is 0 Å². The highest BCUT2D eigenvalue weighted by molar-refractivity contribution is 5.96. The summed E-state index contributed by atoms with van der Waals surface area (Å²) in [4.78, 5) is 24.7. The van der Waals surface area contributed by atoms with Crippen LogP contribution in [0.5, 0.6) is 0 Å². The lowest BCUT2D eigenvalue weighted by molar-refractivity contribution is -0.136. The van der Waals surface area contributed by atoms with Crippen molar-refractivity contribution in [2.75, 3.05) is 20.1 Å². The van der Waals surface area contributed by atoms with E-state index in [1.807, 2.05) is 6.92 Å². The summed E-state index contributed by atoms with van der Waals surface area (Å²) in [5, 5.41) is 12.5. The number of nitrogens with one attached hydrogen (secondary N) is 1. The first-order valence-corrected chi connectivity index (χ1v) is 6.73. The van der Waals surface area contributed by atoms with Crippen LogP contribution in [0.1, 0.15) is 39.0 Å². The van der Waals surface area contributed by atoms with Gasteiger partial charge in [-0.25, -0.2) is 0 Å². The maximum absolute atomic E-state index is 11.8. The Morgan fingerprint density at radius 2 is 2.00 bits per heavy atom. The van der Waals surface area contributed by atoms with E-state index in [9.17, 15) is 14.7 Å². The van der Waals surface area contributed by atoms with Gasteiger partial charge in [0.05, 0.1) is 6.10 Å². The second-order valence-corrected chi connectivity index (χ2v) is 5.02. The fourth-order valence-corrected chi connectivity index (χ4v) is 2.39. The lowest BCUT2D eigenvalue weighted by Crippen LogP contribution is -2.39. The molecule has 18 heavy (non-hydrogen) atoms. The van der Waals surface area contributed by atoms with Crippen LogP contribution in [0.15, 0.2) is 0 Å². The van der Waals surface area contributed by atoms with Crippen LogP contribution in [0.3, 0.4) is 0 Å². The predicted octanol–water partition coefficient (Wildman–Crippen LogP) is 0.522. The average molecular weight is 256 g/mol. The number of hydrogen-bond acceptors (Lipinski definition) is 3. The van der Waals surface area contributed by atoms with Crippen LogP contribution in [-0.4, -0.2) is 48.1 Å². The van der Waals surface area contributed by atoms with Gasteiger partial charge in [0, 0.05) is 26.1 Å². The first-order valence-electron chi connectivity index (χ1n) is 6.73. The molecule has 1 saturated carbocycles. The van der Waals surface area contributed by atoms with Crippen molar-refractivity contribution in [3.63, 3.8) is 0 Å². The van der Waals surface area contributed by atoms with Crippen molar-refractivity contribution in [1.82, 2.24) is 10.2 Å². The third-order valence-corrected chi connectivity index (χ3v) is 3.49. The van der Waals surface area contributed by atoms with Crippen LogP contribution in [0, 0.1) is 5.92 Å². The molecule has 0 radical (unpaired) electrons. The van der Waals surface area contributed by atoms with E-state index in [2.05, 4.69) is 5.32 Å². The van der Waals surface area contributed by atoms with Gasteiger partial charge in [0.1, 0.15) is 6.42 Å². The molecule has 0 aromatic rings. The average Bonchev–Trinajstić information content (AvgIpc) is 2.32. The van der Waals surface area contributed by atoms with Crippen molar-refractivity contribution >= 4 is 11.8 Å². The summed E-state index contributed by atoms with van der Waals surface area (Å²) in [6, 6.07) is 0. The Morgan fingerprint density at radius 3 is 2.61 bits per heavy atom. The summed E-state index contributed by atoms with van der Waals surface area (Å²) in [5.74, 6) is -0.265.